The van der Waals surface area contributed by atoms with Crippen LogP contribution in [-0.2, 0) is 14.3 Å². The van der Waals surface area contributed by atoms with Crippen LogP contribution >= 0.6 is 0 Å². The van der Waals surface area contributed by atoms with Gasteiger partial charge in [-0.1, -0.05) is 75.7 Å². The molecule has 32 heavy (non-hydrogen) atoms. The number of carbonyl (C=O) groups is 2. The van der Waals surface area contributed by atoms with Gasteiger partial charge in [0.15, 0.2) is 0 Å². The van der Waals surface area contributed by atoms with Gasteiger partial charge in [0.2, 0.25) is 5.91 Å². The smallest absolute Gasteiger partial charge is 0.302 e. The quantitative estimate of drug-likeness (QED) is 0.351. The Labute approximate surface area is 192 Å². The minimum atomic E-state index is -0.245. The maximum atomic E-state index is 12.6. The predicted molar refractivity (Wildman–Crippen MR) is 133 cm³/mol. The van der Waals surface area contributed by atoms with Crippen molar-refractivity contribution in [3.8, 4) is 0 Å². The van der Waals surface area contributed by atoms with Crippen molar-refractivity contribution in [3.63, 3.8) is 0 Å². The highest BCUT2D eigenvalue weighted by Gasteiger charge is 2.21. The van der Waals surface area contributed by atoms with Crippen LogP contribution in [0.3, 0.4) is 0 Å². The fourth-order valence-corrected chi connectivity index (χ4v) is 2.70. The summed E-state index contributed by atoms with van der Waals surface area (Å²) in [5.41, 5.74) is 6.54. The molecule has 0 aliphatic carbocycles. The Hall–Kier alpha value is -3.12. The van der Waals surface area contributed by atoms with Crippen molar-refractivity contribution in [1.29, 1.82) is 0 Å². The maximum absolute atomic E-state index is 12.6. The average molecular weight is 443 g/mol. The van der Waals surface area contributed by atoms with Crippen LogP contribution in [0, 0.1) is 5.92 Å². The molecular weight excluding hydrogens is 404 g/mol. The molecule has 6 heteroatoms. The highest BCUT2D eigenvalue weighted by molar-refractivity contribution is 5.93. The molecule has 0 saturated heterocycles. The van der Waals surface area contributed by atoms with Crippen molar-refractivity contribution >= 4 is 29.3 Å². The number of carbonyl (C=O) groups excluding carboxylic acids is 2. The van der Waals surface area contributed by atoms with E-state index in [9.17, 15) is 14.8 Å². The second-order valence-corrected chi connectivity index (χ2v) is 7.31. The molecule has 0 aromatic heterocycles. The number of hydrogen-bond acceptors (Lipinski definition) is 5. The van der Waals surface area contributed by atoms with Crippen LogP contribution in [0.25, 0.3) is 6.08 Å². The zero-order valence-electron chi connectivity index (χ0n) is 20.5. The molecule has 2 aromatic rings. The van der Waals surface area contributed by atoms with Gasteiger partial charge in [-0.15, -0.1) is 0 Å². The lowest BCUT2D eigenvalue weighted by Crippen LogP contribution is -2.24. The topological polar surface area (TPSA) is 87.7 Å². The first-order valence-electron chi connectivity index (χ1n) is 10.8. The van der Waals surface area contributed by atoms with E-state index in [2.05, 4.69) is 22.5 Å². The molecule has 0 saturated carbocycles. The van der Waals surface area contributed by atoms with Crippen molar-refractivity contribution in [3.05, 3.63) is 65.2 Å². The Bertz CT molecular complexity index is 859. The summed E-state index contributed by atoms with van der Waals surface area (Å²) < 4.78 is 4.11. The average Bonchev–Trinajstić information content (AvgIpc) is 2.80. The second-order valence-electron chi connectivity index (χ2n) is 7.31. The van der Waals surface area contributed by atoms with Gasteiger partial charge in [-0.25, -0.2) is 0 Å². The van der Waals surface area contributed by atoms with E-state index in [1.165, 1.54) is 14.0 Å². The van der Waals surface area contributed by atoms with Gasteiger partial charge in [0.05, 0.1) is 12.8 Å². The van der Waals surface area contributed by atoms with Gasteiger partial charge in [-0.2, -0.15) is 0 Å². The van der Waals surface area contributed by atoms with Gasteiger partial charge in [0.1, 0.15) is 0 Å². The number of nitrogens with one attached hydrogen (secondary N) is 2. The van der Waals surface area contributed by atoms with Crippen LogP contribution in [0.15, 0.2) is 54.1 Å². The summed E-state index contributed by atoms with van der Waals surface area (Å²) in [5.74, 6) is -0.354. The number of amides is 1. The van der Waals surface area contributed by atoms with E-state index in [4.69, 9.17) is 0 Å². The molecule has 0 aliphatic heterocycles. The molecule has 0 bridgehead atoms. The van der Waals surface area contributed by atoms with Gasteiger partial charge < -0.3 is 10.1 Å². The summed E-state index contributed by atoms with van der Waals surface area (Å²) in [6.07, 6.45) is 1.96. The van der Waals surface area contributed by atoms with E-state index >= 15 is 0 Å². The highest BCUT2D eigenvalue weighted by Crippen LogP contribution is 2.27. The first-order valence-corrected chi connectivity index (χ1v) is 10.8. The molecule has 0 fully saturated rings. The Morgan fingerprint density at radius 1 is 1.00 bits per heavy atom. The number of ether oxygens (including phenoxy) is 1. The Morgan fingerprint density at radius 3 is 2.03 bits per heavy atom. The number of benzene rings is 2. The molecule has 3 N–H and O–H groups in total. The third-order valence-electron chi connectivity index (χ3n) is 4.66. The summed E-state index contributed by atoms with van der Waals surface area (Å²) >= 11 is 0. The van der Waals surface area contributed by atoms with E-state index in [1.54, 1.807) is 6.07 Å². The first-order chi connectivity index (χ1) is 15.2. The fourth-order valence-electron chi connectivity index (χ4n) is 2.70. The summed E-state index contributed by atoms with van der Waals surface area (Å²) in [6, 6.07) is 15.5. The van der Waals surface area contributed by atoms with Crippen molar-refractivity contribution < 1.29 is 19.5 Å². The molecule has 1 amide bonds. The summed E-state index contributed by atoms with van der Waals surface area (Å²) in [5, 5.41) is 12.3. The van der Waals surface area contributed by atoms with E-state index in [0.29, 0.717) is 11.4 Å². The standard InChI is InChI=1S/C21H26N2O2.C3H6O2.C2H6/c1-14(2)12-18-10-11-19(13-20(18)23-25)22-21(24)16(4)15(3)17-8-6-5-7-9-17;1-3(4)5-2;1-2/h5-13,15-16,23,25H,1-4H3,(H,22,24);1-2H3;1-2H3. The molecule has 176 valence electrons. The normalized spacial score (nSPS) is 11.3. The number of rotatable bonds is 6. The Balaban J connectivity index is 0.00000121. The molecule has 0 heterocycles. The van der Waals surface area contributed by atoms with Crippen molar-refractivity contribution in [2.45, 2.75) is 54.4 Å². The second kappa shape index (κ2) is 15.6. The van der Waals surface area contributed by atoms with Gasteiger partial charge in [-0.3, -0.25) is 20.3 Å². The molecule has 2 unspecified atom stereocenters. The van der Waals surface area contributed by atoms with Crippen LogP contribution in [0.5, 0.6) is 0 Å². The highest BCUT2D eigenvalue weighted by atomic mass is 16.5. The minimum absolute atomic E-state index is 0.0461. The van der Waals surface area contributed by atoms with Crippen LogP contribution in [-0.4, -0.2) is 24.2 Å². The fraction of sp³-hybridized carbons (Fsp3) is 0.385. The Kier molecular flexibility index (Phi) is 14.1. The van der Waals surface area contributed by atoms with Crippen molar-refractivity contribution in [1.82, 2.24) is 0 Å². The van der Waals surface area contributed by atoms with Gasteiger partial charge >= 0.3 is 5.97 Å². The van der Waals surface area contributed by atoms with Crippen LogP contribution in [0.2, 0.25) is 0 Å². The molecule has 0 aliphatic rings. The largest absolute Gasteiger partial charge is 0.469 e. The predicted octanol–water partition coefficient (Wildman–Crippen LogP) is 6.49. The molecule has 2 atom stereocenters. The van der Waals surface area contributed by atoms with E-state index in [0.717, 1.165) is 16.7 Å². The molecule has 0 radical (unpaired) electrons. The van der Waals surface area contributed by atoms with E-state index in [1.807, 2.05) is 83.2 Å². The van der Waals surface area contributed by atoms with E-state index in [-0.39, 0.29) is 23.7 Å². The molecular formula is C26H38N2O4. The van der Waals surface area contributed by atoms with Gasteiger partial charge in [0.25, 0.3) is 0 Å². The minimum Gasteiger partial charge on any atom is -0.469 e. The van der Waals surface area contributed by atoms with E-state index < -0.39 is 0 Å². The molecule has 2 aromatic carbocycles. The number of anilines is 2. The third-order valence-corrected chi connectivity index (χ3v) is 4.66. The van der Waals surface area contributed by atoms with Crippen molar-refractivity contribution in [2.75, 3.05) is 17.9 Å². The SMILES string of the molecule is CC.CC(C)=Cc1ccc(NC(=O)C(C)C(C)c2ccccc2)cc1NO.COC(C)=O. The molecule has 2 rings (SSSR count). The molecule has 6 nitrogen and oxygen atoms in total. The number of esters is 1. The maximum Gasteiger partial charge on any atom is 0.302 e. The zero-order valence-corrected chi connectivity index (χ0v) is 20.5. The first kappa shape index (κ1) is 28.9. The number of methoxy groups -OCH3 is 1. The third kappa shape index (κ3) is 10.3. The summed E-state index contributed by atoms with van der Waals surface area (Å²) in [6.45, 7) is 13.3. The molecule has 0 spiro atoms. The van der Waals surface area contributed by atoms with Crippen molar-refractivity contribution in [2.24, 2.45) is 5.92 Å². The number of hydrogen-bond donors (Lipinski definition) is 3. The summed E-state index contributed by atoms with van der Waals surface area (Å²) in [7, 11) is 1.35. The van der Waals surface area contributed by atoms with Crippen LogP contribution < -0.4 is 10.8 Å². The monoisotopic (exact) mass is 442 g/mol. The van der Waals surface area contributed by atoms with Gasteiger partial charge in [0, 0.05) is 18.5 Å². The summed E-state index contributed by atoms with van der Waals surface area (Å²) in [4.78, 5) is 22.2. The Morgan fingerprint density at radius 2 is 1.56 bits per heavy atom. The zero-order chi connectivity index (χ0) is 24.7. The van der Waals surface area contributed by atoms with Crippen LogP contribution in [0.1, 0.15) is 65.5 Å². The van der Waals surface area contributed by atoms with Crippen LogP contribution in [0.4, 0.5) is 11.4 Å². The lowest BCUT2D eigenvalue weighted by Gasteiger charge is -2.20. The lowest BCUT2D eigenvalue weighted by atomic mass is 9.88. The number of allylic oxidation sites excluding steroid dienone is 1. The van der Waals surface area contributed by atoms with Gasteiger partial charge in [-0.05, 0) is 43.0 Å². The lowest BCUT2D eigenvalue weighted by molar-refractivity contribution is -0.137.